The van der Waals surface area contributed by atoms with Crippen LogP contribution in [0.25, 0.3) is 0 Å². The van der Waals surface area contributed by atoms with Gasteiger partial charge in [0, 0.05) is 24.0 Å². The molecule has 2 aromatic rings. The van der Waals surface area contributed by atoms with Crippen molar-refractivity contribution in [3.63, 3.8) is 0 Å². The van der Waals surface area contributed by atoms with Gasteiger partial charge in [-0.2, -0.15) is 0 Å². The number of nitrogens with zero attached hydrogens (tertiary/aromatic N) is 3. The van der Waals surface area contributed by atoms with Crippen LogP contribution in [0.2, 0.25) is 0 Å². The molecular weight excluding hydrogens is 262 g/mol. The first kappa shape index (κ1) is 12.3. The molecule has 0 aromatic carbocycles. The van der Waals surface area contributed by atoms with Gasteiger partial charge in [0.15, 0.2) is 12.1 Å². The number of hydrogen-bond acceptors (Lipinski definition) is 5. The summed E-state index contributed by atoms with van der Waals surface area (Å²) in [7, 11) is 1.77. The summed E-state index contributed by atoms with van der Waals surface area (Å²) in [6.45, 7) is 2.46. The van der Waals surface area contributed by atoms with Crippen molar-refractivity contribution in [3.8, 4) is 0 Å². The van der Waals surface area contributed by atoms with Gasteiger partial charge in [-0.3, -0.25) is 4.79 Å². The van der Waals surface area contributed by atoms with E-state index in [0.717, 1.165) is 29.3 Å². The van der Waals surface area contributed by atoms with Crippen LogP contribution in [0.1, 0.15) is 45.7 Å². The zero-order chi connectivity index (χ0) is 13.4. The molecule has 2 heterocycles. The van der Waals surface area contributed by atoms with E-state index in [9.17, 15) is 4.79 Å². The summed E-state index contributed by atoms with van der Waals surface area (Å²) in [5.74, 6) is 1.03. The van der Waals surface area contributed by atoms with Gasteiger partial charge < -0.3 is 9.32 Å². The molecule has 0 saturated heterocycles. The molecule has 1 aliphatic carbocycles. The second-order valence-electron chi connectivity index (χ2n) is 4.88. The number of carbonyl (C=O) groups excluding carboxylic acids is 1. The average Bonchev–Trinajstić information content (AvgIpc) is 2.97. The third-order valence-corrected chi connectivity index (χ3v) is 4.08. The van der Waals surface area contributed by atoms with Crippen molar-refractivity contribution in [2.24, 2.45) is 0 Å². The highest BCUT2D eigenvalue weighted by Gasteiger charge is 2.33. The predicted octanol–water partition coefficient (Wildman–Crippen LogP) is 2.59. The summed E-state index contributed by atoms with van der Waals surface area (Å²) in [5, 5.41) is 2.92. The van der Waals surface area contributed by atoms with E-state index in [1.54, 1.807) is 23.3 Å². The molecule has 6 heteroatoms. The lowest BCUT2D eigenvalue weighted by Gasteiger charge is -2.14. The standard InChI is InChI=1S/C13H15N3O2S/c1-8-6-19-10(15-8)5-16(2)13(17)11-12(9-3-4-9)18-7-14-11/h6-7,9H,3-5H2,1-2H3. The topological polar surface area (TPSA) is 59.2 Å². The van der Waals surface area contributed by atoms with Crippen molar-refractivity contribution in [2.75, 3.05) is 7.05 Å². The number of aryl methyl sites for hydroxylation is 1. The highest BCUT2D eigenvalue weighted by molar-refractivity contribution is 7.09. The van der Waals surface area contributed by atoms with Crippen LogP contribution in [-0.2, 0) is 6.54 Å². The van der Waals surface area contributed by atoms with Crippen molar-refractivity contribution < 1.29 is 9.21 Å². The zero-order valence-electron chi connectivity index (χ0n) is 10.9. The van der Waals surface area contributed by atoms with Gasteiger partial charge in [0.2, 0.25) is 0 Å². The molecule has 1 fully saturated rings. The Morgan fingerprint density at radius 3 is 3.00 bits per heavy atom. The van der Waals surface area contributed by atoms with Crippen LogP contribution in [0.5, 0.6) is 0 Å². The Morgan fingerprint density at radius 1 is 1.58 bits per heavy atom. The Balaban J connectivity index is 1.73. The van der Waals surface area contributed by atoms with Crippen LogP contribution >= 0.6 is 11.3 Å². The third-order valence-electron chi connectivity index (χ3n) is 3.13. The Kier molecular flexibility index (Phi) is 3.10. The van der Waals surface area contributed by atoms with Crippen molar-refractivity contribution in [1.29, 1.82) is 0 Å². The quantitative estimate of drug-likeness (QED) is 0.862. The maximum Gasteiger partial charge on any atom is 0.276 e. The third kappa shape index (κ3) is 2.53. The molecule has 0 atom stereocenters. The number of aromatic nitrogens is 2. The molecule has 0 radical (unpaired) electrons. The lowest BCUT2D eigenvalue weighted by Crippen LogP contribution is -2.27. The fraction of sp³-hybridized carbons (Fsp3) is 0.462. The maximum atomic E-state index is 12.4. The molecule has 1 amide bonds. The van der Waals surface area contributed by atoms with Crippen LogP contribution in [0.3, 0.4) is 0 Å². The van der Waals surface area contributed by atoms with Gasteiger partial charge in [0.25, 0.3) is 5.91 Å². The van der Waals surface area contributed by atoms with Gasteiger partial charge in [0.05, 0.1) is 6.54 Å². The Bertz CT molecular complexity index is 601. The first-order chi connectivity index (χ1) is 9.15. The molecule has 5 nitrogen and oxygen atoms in total. The largest absolute Gasteiger partial charge is 0.447 e. The molecule has 0 aliphatic heterocycles. The number of thiazole rings is 1. The summed E-state index contributed by atoms with van der Waals surface area (Å²) in [4.78, 5) is 22.4. The minimum Gasteiger partial charge on any atom is -0.447 e. The van der Waals surface area contributed by atoms with E-state index in [0.29, 0.717) is 18.2 Å². The molecule has 1 aliphatic rings. The van der Waals surface area contributed by atoms with E-state index in [2.05, 4.69) is 9.97 Å². The number of rotatable bonds is 4. The van der Waals surface area contributed by atoms with Crippen LogP contribution in [0.15, 0.2) is 16.2 Å². The highest BCUT2D eigenvalue weighted by atomic mass is 32.1. The summed E-state index contributed by atoms with van der Waals surface area (Å²) in [6, 6.07) is 0. The van der Waals surface area contributed by atoms with Crippen molar-refractivity contribution in [1.82, 2.24) is 14.9 Å². The minimum absolute atomic E-state index is 0.0940. The van der Waals surface area contributed by atoms with Gasteiger partial charge in [-0.15, -0.1) is 11.3 Å². The van der Waals surface area contributed by atoms with Crippen LogP contribution in [0.4, 0.5) is 0 Å². The summed E-state index contributed by atoms with van der Waals surface area (Å²) >= 11 is 1.57. The average molecular weight is 277 g/mol. The van der Waals surface area contributed by atoms with E-state index in [4.69, 9.17) is 4.42 Å². The van der Waals surface area contributed by atoms with Crippen LogP contribution in [-0.4, -0.2) is 27.8 Å². The van der Waals surface area contributed by atoms with E-state index in [1.165, 1.54) is 6.39 Å². The monoisotopic (exact) mass is 277 g/mol. The molecule has 0 bridgehead atoms. The van der Waals surface area contributed by atoms with Gasteiger partial charge >= 0.3 is 0 Å². The number of hydrogen-bond donors (Lipinski definition) is 0. The molecule has 3 rings (SSSR count). The smallest absolute Gasteiger partial charge is 0.276 e. The summed E-state index contributed by atoms with van der Waals surface area (Å²) in [6.07, 6.45) is 3.54. The van der Waals surface area contributed by atoms with Gasteiger partial charge in [-0.1, -0.05) is 0 Å². The van der Waals surface area contributed by atoms with E-state index < -0.39 is 0 Å². The lowest BCUT2D eigenvalue weighted by molar-refractivity contribution is 0.0777. The second-order valence-corrected chi connectivity index (χ2v) is 5.83. The molecule has 0 N–H and O–H groups in total. The number of carbonyl (C=O) groups is 1. The summed E-state index contributed by atoms with van der Waals surface area (Å²) < 4.78 is 5.34. The van der Waals surface area contributed by atoms with E-state index in [-0.39, 0.29) is 5.91 Å². The Hall–Kier alpha value is -1.69. The first-order valence-electron chi connectivity index (χ1n) is 6.25. The molecule has 0 spiro atoms. The molecular formula is C13H15N3O2S. The van der Waals surface area contributed by atoms with E-state index in [1.807, 2.05) is 12.3 Å². The summed E-state index contributed by atoms with van der Waals surface area (Å²) in [5.41, 5.74) is 1.44. The molecule has 100 valence electrons. The van der Waals surface area contributed by atoms with Crippen LogP contribution in [0, 0.1) is 6.92 Å². The van der Waals surface area contributed by atoms with Crippen LogP contribution < -0.4 is 0 Å². The van der Waals surface area contributed by atoms with Crippen molar-refractivity contribution in [2.45, 2.75) is 32.2 Å². The molecule has 0 unspecified atom stereocenters. The molecule has 19 heavy (non-hydrogen) atoms. The Labute approximate surface area is 115 Å². The fourth-order valence-electron chi connectivity index (χ4n) is 1.98. The SMILES string of the molecule is Cc1csc(CN(C)C(=O)c2ncoc2C2CC2)n1. The molecule has 1 saturated carbocycles. The minimum atomic E-state index is -0.0940. The molecule has 2 aromatic heterocycles. The Morgan fingerprint density at radius 2 is 2.37 bits per heavy atom. The van der Waals surface area contributed by atoms with Crippen molar-refractivity contribution in [3.05, 3.63) is 33.9 Å². The number of amides is 1. The van der Waals surface area contributed by atoms with E-state index >= 15 is 0 Å². The fourth-order valence-corrected chi connectivity index (χ4v) is 2.81. The second kappa shape index (κ2) is 4.77. The first-order valence-corrected chi connectivity index (χ1v) is 7.13. The zero-order valence-corrected chi connectivity index (χ0v) is 11.7. The van der Waals surface area contributed by atoms with Gasteiger partial charge in [0.1, 0.15) is 10.8 Å². The lowest BCUT2D eigenvalue weighted by atomic mass is 10.2. The van der Waals surface area contributed by atoms with Gasteiger partial charge in [-0.25, -0.2) is 9.97 Å². The normalized spacial score (nSPS) is 14.6. The maximum absolute atomic E-state index is 12.4. The van der Waals surface area contributed by atoms with Crippen molar-refractivity contribution >= 4 is 17.2 Å². The number of oxazole rings is 1. The van der Waals surface area contributed by atoms with Gasteiger partial charge in [-0.05, 0) is 19.8 Å². The highest BCUT2D eigenvalue weighted by Crippen LogP contribution is 2.41. The predicted molar refractivity (Wildman–Crippen MR) is 71.1 cm³/mol.